The van der Waals surface area contributed by atoms with Crippen LogP contribution in [0.3, 0.4) is 0 Å². The Kier molecular flexibility index (Phi) is 5.09. The van der Waals surface area contributed by atoms with E-state index in [2.05, 4.69) is 17.4 Å². The van der Waals surface area contributed by atoms with Crippen LogP contribution in [-0.2, 0) is 4.74 Å². The lowest BCUT2D eigenvalue weighted by molar-refractivity contribution is -0.128. The fourth-order valence-corrected chi connectivity index (χ4v) is 0.433. The van der Waals surface area contributed by atoms with E-state index in [1.165, 1.54) is 0 Å². The molecule has 56 valence electrons. The molecule has 1 nitrogen and oxygen atoms in total. The van der Waals surface area contributed by atoms with Gasteiger partial charge in [0.2, 0.25) is 0 Å². The normalized spacial score (nSPS) is 14.3. The molecule has 0 aromatic carbocycles. The first-order chi connectivity index (χ1) is 4.13. The van der Waals surface area contributed by atoms with Gasteiger partial charge in [-0.2, -0.15) is 21.4 Å². The SMILES string of the molecule is CC(S)CCOC(F)F. The molecule has 0 aliphatic heterocycles. The zero-order valence-electron chi connectivity index (χ0n) is 5.18. The Hall–Kier alpha value is 0.170. The quantitative estimate of drug-likeness (QED) is 0.612. The molecule has 0 amide bonds. The lowest BCUT2D eigenvalue weighted by Gasteiger charge is -2.03. The van der Waals surface area contributed by atoms with Crippen molar-refractivity contribution in [2.75, 3.05) is 6.61 Å². The monoisotopic (exact) mass is 156 g/mol. The van der Waals surface area contributed by atoms with E-state index >= 15 is 0 Å². The topological polar surface area (TPSA) is 9.23 Å². The van der Waals surface area contributed by atoms with Gasteiger partial charge in [0.15, 0.2) is 0 Å². The minimum atomic E-state index is -2.64. The van der Waals surface area contributed by atoms with Crippen molar-refractivity contribution >= 4 is 12.6 Å². The van der Waals surface area contributed by atoms with Gasteiger partial charge in [-0.25, -0.2) is 0 Å². The van der Waals surface area contributed by atoms with Crippen LogP contribution >= 0.6 is 12.6 Å². The number of rotatable bonds is 4. The summed E-state index contributed by atoms with van der Waals surface area (Å²) in [5, 5.41) is 0.128. The Morgan fingerprint density at radius 2 is 2.11 bits per heavy atom. The van der Waals surface area contributed by atoms with E-state index in [-0.39, 0.29) is 11.9 Å². The summed E-state index contributed by atoms with van der Waals surface area (Å²) in [4.78, 5) is 0. The second kappa shape index (κ2) is 4.99. The Bertz CT molecular complexity index is 60.0. The van der Waals surface area contributed by atoms with Gasteiger partial charge in [-0.15, -0.1) is 0 Å². The first-order valence-electron chi connectivity index (χ1n) is 2.70. The second-order valence-corrected chi connectivity index (χ2v) is 2.65. The largest absolute Gasteiger partial charge is 0.345 e. The molecule has 0 aliphatic carbocycles. The van der Waals surface area contributed by atoms with Crippen molar-refractivity contribution in [3.8, 4) is 0 Å². The van der Waals surface area contributed by atoms with Crippen LogP contribution in [0.4, 0.5) is 8.78 Å². The lowest BCUT2D eigenvalue weighted by atomic mass is 10.3. The predicted molar refractivity (Wildman–Crippen MR) is 35.0 cm³/mol. The molecule has 0 aromatic rings. The molecule has 0 saturated heterocycles. The van der Waals surface area contributed by atoms with Crippen molar-refractivity contribution in [2.45, 2.75) is 25.2 Å². The summed E-state index contributed by atoms with van der Waals surface area (Å²) >= 11 is 3.98. The summed E-state index contributed by atoms with van der Waals surface area (Å²) < 4.78 is 26.4. The molecular formula is C5H10F2OS. The molecule has 0 bridgehead atoms. The zero-order chi connectivity index (χ0) is 7.28. The van der Waals surface area contributed by atoms with Crippen LogP contribution in [0, 0.1) is 0 Å². The van der Waals surface area contributed by atoms with Crippen LogP contribution in [0.5, 0.6) is 0 Å². The van der Waals surface area contributed by atoms with E-state index < -0.39 is 6.61 Å². The molecule has 4 heteroatoms. The average Bonchev–Trinajstić information content (AvgIpc) is 1.63. The number of alkyl halides is 2. The first-order valence-corrected chi connectivity index (χ1v) is 3.22. The number of hydrogen-bond acceptors (Lipinski definition) is 2. The van der Waals surface area contributed by atoms with Crippen molar-refractivity contribution in [2.24, 2.45) is 0 Å². The third-order valence-electron chi connectivity index (χ3n) is 0.779. The summed E-state index contributed by atoms with van der Waals surface area (Å²) in [6.07, 6.45) is 0.563. The molecule has 1 unspecified atom stereocenters. The van der Waals surface area contributed by atoms with Gasteiger partial charge in [0.25, 0.3) is 0 Å². The second-order valence-electron chi connectivity index (χ2n) is 1.77. The minimum Gasteiger partial charge on any atom is -0.323 e. The highest BCUT2D eigenvalue weighted by molar-refractivity contribution is 7.80. The highest BCUT2D eigenvalue weighted by Crippen LogP contribution is 2.01. The highest BCUT2D eigenvalue weighted by Gasteiger charge is 2.01. The molecular weight excluding hydrogens is 146 g/mol. The molecule has 0 aromatic heterocycles. The molecule has 0 aliphatic rings. The Labute approximate surface area is 58.8 Å². The maximum absolute atomic E-state index is 11.2. The summed E-state index contributed by atoms with van der Waals surface area (Å²) in [6, 6.07) is 0. The zero-order valence-corrected chi connectivity index (χ0v) is 6.07. The third kappa shape index (κ3) is 8.17. The Balaban J connectivity index is 2.91. The average molecular weight is 156 g/mol. The number of thiol groups is 1. The van der Waals surface area contributed by atoms with Crippen LogP contribution in [0.2, 0.25) is 0 Å². The Morgan fingerprint density at radius 3 is 2.44 bits per heavy atom. The van der Waals surface area contributed by atoms with Crippen LogP contribution in [0.1, 0.15) is 13.3 Å². The maximum Gasteiger partial charge on any atom is 0.345 e. The molecule has 9 heavy (non-hydrogen) atoms. The fraction of sp³-hybridized carbons (Fsp3) is 1.00. The van der Waals surface area contributed by atoms with Gasteiger partial charge in [0, 0.05) is 5.25 Å². The van der Waals surface area contributed by atoms with Crippen LogP contribution in [-0.4, -0.2) is 18.5 Å². The van der Waals surface area contributed by atoms with Crippen molar-refractivity contribution in [1.29, 1.82) is 0 Å². The Morgan fingerprint density at radius 1 is 1.56 bits per heavy atom. The van der Waals surface area contributed by atoms with Gasteiger partial charge in [-0.1, -0.05) is 6.92 Å². The van der Waals surface area contributed by atoms with E-state index in [1.807, 2.05) is 6.92 Å². The van der Waals surface area contributed by atoms with E-state index in [0.717, 1.165) is 0 Å². The van der Waals surface area contributed by atoms with Gasteiger partial charge >= 0.3 is 6.61 Å². The smallest absolute Gasteiger partial charge is 0.323 e. The van der Waals surface area contributed by atoms with Gasteiger partial charge in [0.1, 0.15) is 0 Å². The number of ether oxygens (including phenoxy) is 1. The molecule has 0 fully saturated rings. The summed E-state index contributed by atoms with van der Waals surface area (Å²) in [7, 11) is 0. The van der Waals surface area contributed by atoms with E-state index in [1.54, 1.807) is 0 Å². The van der Waals surface area contributed by atoms with E-state index in [4.69, 9.17) is 0 Å². The van der Waals surface area contributed by atoms with Crippen molar-refractivity contribution in [1.82, 2.24) is 0 Å². The van der Waals surface area contributed by atoms with Crippen LogP contribution in [0.15, 0.2) is 0 Å². The van der Waals surface area contributed by atoms with Crippen LogP contribution < -0.4 is 0 Å². The van der Waals surface area contributed by atoms with Crippen molar-refractivity contribution in [3.05, 3.63) is 0 Å². The molecule has 0 rings (SSSR count). The third-order valence-corrected chi connectivity index (χ3v) is 1.04. The van der Waals surface area contributed by atoms with Gasteiger partial charge in [0.05, 0.1) is 6.61 Å². The summed E-state index contributed by atoms with van der Waals surface area (Å²) in [5.41, 5.74) is 0. The van der Waals surface area contributed by atoms with Crippen molar-refractivity contribution in [3.63, 3.8) is 0 Å². The maximum atomic E-state index is 11.2. The first kappa shape index (κ1) is 9.17. The fourth-order valence-electron chi connectivity index (χ4n) is 0.328. The highest BCUT2D eigenvalue weighted by atomic mass is 32.1. The van der Waals surface area contributed by atoms with Gasteiger partial charge in [-0.05, 0) is 6.42 Å². The minimum absolute atomic E-state index is 0.0856. The van der Waals surface area contributed by atoms with Gasteiger partial charge < -0.3 is 4.74 Å². The van der Waals surface area contributed by atoms with E-state index in [9.17, 15) is 8.78 Å². The lowest BCUT2D eigenvalue weighted by Crippen LogP contribution is -2.04. The molecule has 0 radical (unpaired) electrons. The number of hydrogen-bond donors (Lipinski definition) is 1. The predicted octanol–water partition coefficient (Wildman–Crippen LogP) is 1.93. The molecule has 0 spiro atoms. The summed E-state index contributed by atoms with van der Waals surface area (Å²) in [6.45, 7) is -0.725. The van der Waals surface area contributed by atoms with Gasteiger partial charge in [-0.3, -0.25) is 0 Å². The van der Waals surface area contributed by atoms with E-state index in [0.29, 0.717) is 6.42 Å². The summed E-state index contributed by atoms with van der Waals surface area (Å²) in [5.74, 6) is 0. The molecule has 0 saturated carbocycles. The standard InChI is InChI=1S/C5H10F2OS/c1-4(9)2-3-8-5(6)7/h4-5,9H,2-3H2,1H3. The number of halogens is 2. The van der Waals surface area contributed by atoms with Crippen LogP contribution in [0.25, 0.3) is 0 Å². The van der Waals surface area contributed by atoms with Crippen molar-refractivity contribution < 1.29 is 13.5 Å². The molecule has 1 atom stereocenters. The molecule has 0 N–H and O–H groups in total. The molecule has 0 heterocycles.